The average molecular weight is 321 g/mol. The van der Waals surface area contributed by atoms with Gasteiger partial charge in [-0.05, 0) is 25.1 Å². The lowest BCUT2D eigenvalue weighted by Gasteiger charge is -2.23. The Morgan fingerprint density at radius 3 is 3.05 bits per heavy atom. The van der Waals surface area contributed by atoms with E-state index >= 15 is 0 Å². The van der Waals surface area contributed by atoms with Crippen molar-refractivity contribution in [3.63, 3.8) is 0 Å². The predicted octanol–water partition coefficient (Wildman–Crippen LogP) is 0.877. The molecular formula is C14H15N3O4S. The fraction of sp³-hybridized carbons (Fsp3) is 0.357. The predicted molar refractivity (Wildman–Crippen MR) is 82.8 cm³/mol. The molecule has 116 valence electrons. The normalized spacial score (nSPS) is 20.2. The summed E-state index contributed by atoms with van der Waals surface area (Å²) in [6.45, 7) is 1.70. The van der Waals surface area contributed by atoms with Crippen molar-refractivity contribution in [2.24, 2.45) is 0 Å². The summed E-state index contributed by atoms with van der Waals surface area (Å²) in [7, 11) is 0. The molecule has 0 aliphatic carbocycles. The molecule has 1 fully saturated rings. The SMILES string of the molecule is C[C@@H]1Oc2ccc(NC(=O)CN3CSCC3=O)cc2NC1=O. The van der Waals surface area contributed by atoms with Crippen LogP contribution in [0.5, 0.6) is 5.75 Å². The van der Waals surface area contributed by atoms with Crippen molar-refractivity contribution in [2.45, 2.75) is 13.0 Å². The van der Waals surface area contributed by atoms with Gasteiger partial charge in [-0.25, -0.2) is 0 Å². The average Bonchev–Trinajstić information content (AvgIpc) is 2.86. The summed E-state index contributed by atoms with van der Waals surface area (Å²) in [5.41, 5.74) is 1.07. The summed E-state index contributed by atoms with van der Waals surface area (Å²) in [5, 5.41) is 5.44. The fourth-order valence-corrected chi connectivity index (χ4v) is 3.10. The molecule has 22 heavy (non-hydrogen) atoms. The Morgan fingerprint density at radius 1 is 1.50 bits per heavy atom. The second-order valence-corrected chi connectivity index (χ2v) is 6.03. The zero-order valence-electron chi connectivity index (χ0n) is 11.9. The number of nitrogens with one attached hydrogen (secondary N) is 2. The van der Waals surface area contributed by atoms with Crippen LogP contribution in [0.4, 0.5) is 11.4 Å². The van der Waals surface area contributed by atoms with Crippen LogP contribution in [-0.4, -0.2) is 46.9 Å². The Labute approximate surface area is 131 Å². The first-order chi connectivity index (χ1) is 10.5. The fourth-order valence-electron chi connectivity index (χ4n) is 2.20. The Balaban J connectivity index is 1.66. The number of nitrogens with zero attached hydrogens (tertiary/aromatic N) is 1. The minimum absolute atomic E-state index is 0.0276. The van der Waals surface area contributed by atoms with Gasteiger partial charge in [-0.2, -0.15) is 0 Å². The second kappa shape index (κ2) is 5.88. The summed E-state index contributed by atoms with van der Waals surface area (Å²) in [6, 6.07) is 5.02. The van der Waals surface area contributed by atoms with E-state index in [1.54, 1.807) is 25.1 Å². The highest BCUT2D eigenvalue weighted by molar-refractivity contribution is 8.00. The maximum atomic E-state index is 12.0. The zero-order valence-corrected chi connectivity index (χ0v) is 12.7. The summed E-state index contributed by atoms with van der Waals surface area (Å²) in [4.78, 5) is 36.5. The van der Waals surface area contributed by atoms with Crippen LogP contribution in [0.2, 0.25) is 0 Å². The number of carbonyl (C=O) groups is 3. The zero-order chi connectivity index (χ0) is 15.7. The monoisotopic (exact) mass is 321 g/mol. The van der Waals surface area contributed by atoms with Gasteiger partial charge in [0.05, 0.1) is 17.3 Å². The van der Waals surface area contributed by atoms with Crippen molar-refractivity contribution in [3.05, 3.63) is 18.2 Å². The highest BCUT2D eigenvalue weighted by Crippen LogP contribution is 2.32. The number of anilines is 2. The highest BCUT2D eigenvalue weighted by Gasteiger charge is 2.25. The van der Waals surface area contributed by atoms with Crippen molar-refractivity contribution >= 4 is 40.9 Å². The first-order valence-electron chi connectivity index (χ1n) is 6.80. The summed E-state index contributed by atoms with van der Waals surface area (Å²) in [5.74, 6) is 1.01. The van der Waals surface area contributed by atoms with Crippen LogP contribution in [-0.2, 0) is 14.4 Å². The molecule has 1 aromatic rings. The van der Waals surface area contributed by atoms with Gasteiger partial charge < -0.3 is 20.3 Å². The van der Waals surface area contributed by atoms with Crippen LogP contribution < -0.4 is 15.4 Å². The maximum Gasteiger partial charge on any atom is 0.265 e. The molecule has 0 radical (unpaired) electrons. The van der Waals surface area contributed by atoms with Gasteiger partial charge in [0.2, 0.25) is 11.8 Å². The molecule has 1 aromatic carbocycles. The Hall–Kier alpha value is -2.22. The van der Waals surface area contributed by atoms with Gasteiger partial charge in [0.25, 0.3) is 5.91 Å². The van der Waals surface area contributed by atoms with Crippen molar-refractivity contribution in [3.8, 4) is 5.75 Å². The third-order valence-corrected chi connectivity index (χ3v) is 4.30. The van der Waals surface area contributed by atoms with Gasteiger partial charge in [0, 0.05) is 5.69 Å². The molecule has 1 saturated heterocycles. The van der Waals surface area contributed by atoms with E-state index in [0.717, 1.165) is 0 Å². The van der Waals surface area contributed by atoms with E-state index in [-0.39, 0.29) is 24.3 Å². The smallest absolute Gasteiger partial charge is 0.265 e. The number of carbonyl (C=O) groups excluding carboxylic acids is 3. The molecule has 3 amide bonds. The Morgan fingerprint density at radius 2 is 2.32 bits per heavy atom. The minimum atomic E-state index is -0.536. The minimum Gasteiger partial charge on any atom is -0.479 e. The topological polar surface area (TPSA) is 87.7 Å². The number of ether oxygens (including phenoxy) is 1. The number of thioether (sulfide) groups is 1. The van der Waals surface area contributed by atoms with E-state index in [1.165, 1.54) is 16.7 Å². The van der Waals surface area contributed by atoms with E-state index in [4.69, 9.17) is 4.74 Å². The molecule has 3 rings (SSSR count). The molecule has 2 N–H and O–H groups in total. The molecule has 7 nitrogen and oxygen atoms in total. The first-order valence-corrected chi connectivity index (χ1v) is 7.95. The largest absolute Gasteiger partial charge is 0.479 e. The van der Waals surface area contributed by atoms with Crippen LogP contribution in [0.25, 0.3) is 0 Å². The number of amides is 3. The lowest BCUT2D eigenvalue weighted by atomic mass is 10.2. The van der Waals surface area contributed by atoms with Crippen LogP contribution in [0.1, 0.15) is 6.92 Å². The number of hydrogen-bond acceptors (Lipinski definition) is 5. The molecule has 0 unspecified atom stereocenters. The molecule has 0 aromatic heterocycles. The number of fused-ring (bicyclic) bond motifs is 1. The first kappa shape index (κ1) is 14.7. The molecule has 2 aliphatic heterocycles. The molecule has 0 bridgehead atoms. The van der Waals surface area contributed by atoms with Crippen molar-refractivity contribution < 1.29 is 19.1 Å². The van der Waals surface area contributed by atoms with Crippen LogP contribution in [0, 0.1) is 0 Å². The number of benzene rings is 1. The molecule has 2 heterocycles. The molecule has 0 spiro atoms. The van der Waals surface area contributed by atoms with Crippen molar-refractivity contribution in [1.82, 2.24) is 4.90 Å². The molecule has 2 aliphatic rings. The Bertz CT molecular complexity index is 649. The van der Waals surface area contributed by atoms with Crippen molar-refractivity contribution in [2.75, 3.05) is 28.8 Å². The van der Waals surface area contributed by atoms with Gasteiger partial charge in [-0.15, -0.1) is 11.8 Å². The van der Waals surface area contributed by atoms with Gasteiger partial charge in [0.1, 0.15) is 12.3 Å². The molecule has 8 heteroatoms. The van der Waals surface area contributed by atoms with Gasteiger partial charge in [-0.1, -0.05) is 0 Å². The maximum absolute atomic E-state index is 12.0. The number of hydrogen-bond donors (Lipinski definition) is 2. The van der Waals surface area contributed by atoms with E-state index < -0.39 is 6.10 Å². The summed E-state index contributed by atoms with van der Waals surface area (Å²) >= 11 is 1.49. The summed E-state index contributed by atoms with van der Waals surface area (Å²) < 4.78 is 5.45. The lowest BCUT2D eigenvalue weighted by molar-refractivity contribution is -0.130. The number of rotatable bonds is 3. The van der Waals surface area contributed by atoms with Crippen LogP contribution >= 0.6 is 11.8 Å². The van der Waals surface area contributed by atoms with E-state index in [2.05, 4.69) is 10.6 Å². The van der Waals surface area contributed by atoms with Gasteiger partial charge in [0.15, 0.2) is 6.10 Å². The van der Waals surface area contributed by atoms with Gasteiger partial charge in [-0.3, -0.25) is 14.4 Å². The molecule has 0 saturated carbocycles. The quantitative estimate of drug-likeness (QED) is 0.863. The molecular weight excluding hydrogens is 306 g/mol. The van der Waals surface area contributed by atoms with E-state index in [0.29, 0.717) is 28.8 Å². The third-order valence-electron chi connectivity index (χ3n) is 3.35. The lowest BCUT2D eigenvalue weighted by Crippen LogP contribution is -2.35. The third kappa shape index (κ3) is 3.01. The van der Waals surface area contributed by atoms with E-state index in [9.17, 15) is 14.4 Å². The van der Waals surface area contributed by atoms with Crippen molar-refractivity contribution in [1.29, 1.82) is 0 Å². The van der Waals surface area contributed by atoms with E-state index in [1.807, 2.05) is 0 Å². The highest BCUT2D eigenvalue weighted by atomic mass is 32.2. The standard InChI is InChI=1S/C14H15N3O4S/c1-8-14(20)16-10-4-9(2-3-11(10)21-8)15-12(18)5-17-7-22-6-13(17)19/h2-4,8H,5-7H2,1H3,(H,15,18)(H,16,20)/t8-/m0/s1. The van der Waals surface area contributed by atoms with Crippen LogP contribution in [0.15, 0.2) is 18.2 Å². The second-order valence-electron chi connectivity index (χ2n) is 5.08. The van der Waals surface area contributed by atoms with Crippen LogP contribution in [0.3, 0.4) is 0 Å². The van der Waals surface area contributed by atoms with Gasteiger partial charge >= 0.3 is 0 Å². The summed E-state index contributed by atoms with van der Waals surface area (Å²) in [6.07, 6.45) is -0.536. The Kier molecular flexibility index (Phi) is 3.93. The molecule has 1 atom stereocenters.